The number of carbonyl (C=O) groups is 2. The molecule has 0 N–H and O–H groups in total. The van der Waals surface area contributed by atoms with Crippen LogP contribution in [0.5, 0.6) is 5.75 Å². The predicted molar refractivity (Wildman–Crippen MR) is 56.8 cm³/mol. The van der Waals surface area contributed by atoms with Gasteiger partial charge in [-0.3, -0.25) is 9.59 Å². The molecule has 0 aliphatic carbocycles. The third-order valence-corrected chi connectivity index (χ3v) is 1.96. The largest absolute Gasteiger partial charge is 0.426 e. The lowest BCUT2D eigenvalue weighted by molar-refractivity contribution is -0.137. The van der Waals surface area contributed by atoms with E-state index in [1.807, 2.05) is 12.1 Å². The van der Waals surface area contributed by atoms with Crippen molar-refractivity contribution in [3.05, 3.63) is 29.8 Å². The van der Waals surface area contributed by atoms with Gasteiger partial charge in [0.1, 0.15) is 18.0 Å². The van der Waals surface area contributed by atoms with Gasteiger partial charge in [0.2, 0.25) is 0 Å². The highest BCUT2D eigenvalue weighted by molar-refractivity contribution is 5.94. The van der Waals surface area contributed by atoms with Crippen LogP contribution in [0.1, 0.15) is 25.8 Å². The van der Waals surface area contributed by atoms with E-state index in [0.717, 1.165) is 6.42 Å². The number of carbonyl (C=O) groups excluding carboxylic acids is 2. The molecule has 1 rings (SSSR count). The van der Waals surface area contributed by atoms with Crippen molar-refractivity contribution in [2.75, 3.05) is 0 Å². The minimum atomic E-state index is -0.508. The molecule has 15 heavy (non-hydrogen) atoms. The number of esters is 1. The molecule has 0 unspecified atom stereocenters. The van der Waals surface area contributed by atoms with E-state index in [-0.39, 0.29) is 12.2 Å². The fourth-order valence-electron chi connectivity index (χ4n) is 1.16. The Morgan fingerprint density at radius 2 is 1.80 bits per heavy atom. The van der Waals surface area contributed by atoms with E-state index in [9.17, 15) is 9.59 Å². The summed E-state index contributed by atoms with van der Waals surface area (Å²) in [6.07, 6.45) is 0.775. The average molecular weight is 206 g/mol. The standard InChI is InChI=1S/C12H14O3/c1-3-10-4-6-11(7-5-10)15-12(14)8-9(2)13/h4-7H,3,8H2,1-2H3. The highest BCUT2D eigenvalue weighted by Gasteiger charge is 2.07. The van der Waals surface area contributed by atoms with Crippen LogP contribution in [-0.4, -0.2) is 11.8 Å². The summed E-state index contributed by atoms with van der Waals surface area (Å²) in [4.78, 5) is 21.8. The maximum absolute atomic E-state index is 11.1. The number of rotatable bonds is 4. The molecule has 0 bridgehead atoms. The number of Topliss-reactive ketones (excluding diaryl/α,β-unsaturated/α-hetero) is 1. The number of hydrogen-bond donors (Lipinski definition) is 0. The van der Waals surface area contributed by atoms with Crippen molar-refractivity contribution in [1.82, 2.24) is 0 Å². The summed E-state index contributed by atoms with van der Waals surface area (Å²) in [6.45, 7) is 3.41. The third-order valence-electron chi connectivity index (χ3n) is 1.96. The van der Waals surface area contributed by atoms with Gasteiger partial charge in [0.05, 0.1) is 0 Å². The van der Waals surface area contributed by atoms with Crippen molar-refractivity contribution < 1.29 is 14.3 Å². The lowest BCUT2D eigenvalue weighted by Gasteiger charge is -2.03. The summed E-state index contributed by atoms with van der Waals surface area (Å²) >= 11 is 0. The molecule has 0 aliphatic rings. The fourth-order valence-corrected chi connectivity index (χ4v) is 1.16. The van der Waals surface area contributed by atoms with Crippen molar-refractivity contribution in [1.29, 1.82) is 0 Å². The highest BCUT2D eigenvalue weighted by atomic mass is 16.5. The molecule has 0 saturated heterocycles. The van der Waals surface area contributed by atoms with Gasteiger partial charge in [-0.15, -0.1) is 0 Å². The zero-order chi connectivity index (χ0) is 11.3. The Labute approximate surface area is 89.1 Å². The van der Waals surface area contributed by atoms with Crippen molar-refractivity contribution in [2.45, 2.75) is 26.7 Å². The summed E-state index contributed by atoms with van der Waals surface area (Å²) < 4.78 is 4.96. The molecule has 0 amide bonds. The molecule has 0 saturated carbocycles. The Kier molecular flexibility index (Phi) is 4.03. The molecule has 1 aromatic rings. The lowest BCUT2D eigenvalue weighted by Crippen LogP contribution is -2.11. The normalized spacial score (nSPS) is 9.73. The molecule has 0 atom stereocenters. The van der Waals surface area contributed by atoms with Gasteiger partial charge in [0.15, 0.2) is 0 Å². The molecule has 80 valence electrons. The summed E-state index contributed by atoms with van der Waals surface area (Å²) in [6, 6.07) is 7.26. The van der Waals surface area contributed by atoms with E-state index in [4.69, 9.17) is 4.74 Å². The van der Waals surface area contributed by atoms with E-state index in [1.165, 1.54) is 12.5 Å². The molecule has 0 fully saturated rings. The van der Waals surface area contributed by atoms with Gasteiger partial charge in [-0.05, 0) is 31.0 Å². The molecular formula is C12H14O3. The molecule has 0 spiro atoms. The molecule has 3 heteroatoms. The van der Waals surface area contributed by atoms with Crippen molar-refractivity contribution in [3.63, 3.8) is 0 Å². The minimum absolute atomic E-state index is 0.171. The molecule has 3 nitrogen and oxygen atoms in total. The predicted octanol–water partition coefficient (Wildman–Crippen LogP) is 2.13. The van der Waals surface area contributed by atoms with Gasteiger partial charge >= 0.3 is 5.97 Å². The van der Waals surface area contributed by atoms with Crippen molar-refractivity contribution >= 4 is 11.8 Å². The zero-order valence-electron chi connectivity index (χ0n) is 8.95. The zero-order valence-corrected chi connectivity index (χ0v) is 8.95. The van der Waals surface area contributed by atoms with E-state index in [1.54, 1.807) is 12.1 Å². The Bertz CT molecular complexity index is 352. The van der Waals surface area contributed by atoms with E-state index >= 15 is 0 Å². The van der Waals surface area contributed by atoms with Crippen LogP contribution in [0.4, 0.5) is 0 Å². The van der Waals surface area contributed by atoms with Crippen LogP contribution in [0.15, 0.2) is 24.3 Å². The summed E-state index contributed by atoms with van der Waals surface area (Å²) in [7, 11) is 0. The molecular weight excluding hydrogens is 192 g/mol. The fraction of sp³-hybridized carbons (Fsp3) is 0.333. The quantitative estimate of drug-likeness (QED) is 0.430. The molecule has 0 aliphatic heterocycles. The second-order valence-corrected chi connectivity index (χ2v) is 3.35. The van der Waals surface area contributed by atoms with Gasteiger partial charge in [-0.1, -0.05) is 19.1 Å². The number of ether oxygens (including phenoxy) is 1. The molecule has 0 heterocycles. The molecule has 1 aromatic carbocycles. The summed E-state index contributed by atoms with van der Waals surface area (Å²) in [5.41, 5.74) is 1.18. The molecule has 0 aromatic heterocycles. The first kappa shape index (κ1) is 11.4. The Morgan fingerprint density at radius 1 is 1.20 bits per heavy atom. The third kappa shape index (κ3) is 3.94. The van der Waals surface area contributed by atoms with E-state index < -0.39 is 5.97 Å². The van der Waals surface area contributed by atoms with E-state index in [0.29, 0.717) is 5.75 Å². The minimum Gasteiger partial charge on any atom is -0.426 e. The van der Waals surface area contributed by atoms with Gasteiger partial charge in [-0.25, -0.2) is 0 Å². The van der Waals surface area contributed by atoms with Crippen LogP contribution in [0.2, 0.25) is 0 Å². The molecule has 0 radical (unpaired) electrons. The number of hydrogen-bond acceptors (Lipinski definition) is 3. The second-order valence-electron chi connectivity index (χ2n) is 3.35. The summed E-state index contributed by atoms with van der Waals surface area (Å²) in [5, 5.41) is 0. The highest BCUT2D eigenvalue weighted by Crippen LogP contribution is 2.13. The van der Waals surface area contributed by atoms with Gasteiger partial charge < -0.3 is 4.74 Å². The van der Waals surface area contributed by atoms with Crippen molar-refractivity contribution in [3.8, 4) is 5.75 Å². The van der Waals surface area contributed by atoms with Gasteiger partial charge in [0, 0.05) is 0 Å². The number of aryl methyl sites for hydroxylation is 1. The average Bonchev–Trinajstić information content (AvgIpc) is 2.17. The Morgan fingerprint density at radius 3 is 2.27 bits per heavy atom. The SMILES string of the molecule is CCc1ccc(OC(=O)CC(C)=O)cc1. The first-order valence-electron chi connectivity index (χ1n) is 4.91. The van der Waals surface area contributed by atoms with Crippen LogP contribution in [0, 0.1) is 0 Å². The Balaban J connectivity index is 2.57. The van der Waals surface area contributed by atoms with Gasteiger partial charge in [-0.2, -0.15) is 0 Å². The monoisotopic (exact) mass is 206 g/mol. The topological polar surface area (TPSA) is 43.4 Å². The van der Waals surface area contributed by atoms with Crippen LogP contribution >= 0.6 is 0 Å². The van der Waals surface area contributed by atoms with Crippen molar-refractivity contribution in [2.24, 2.45) is 0 Å². The Hall–Kier alpha value is -1.64. The first-order chi connectivity index (χ1) is 7.11. The first-order valence-corrected chi connectivity index (χ1v) is 4.91. The summed E-state index contributed by atoms with van der Waals surface area (Å²) in [5.74, 6) is -0.213. The lowest BCUT2D eigenvalue weighted by atomic mass is 10.2. The maximum atomic E-state index is 11.1. The number of benzene rings is 1. The second kappa shape index (κ2) is 5.29. The smallest absolute Gasteiger partial charge is 0.318 e. The maximum Gasteiger partial charge on any atom is 0.318 e. The van der Waals surface area contributed by atoms with Crippen LogP contribution in [0.3, 0.4) is 0 Å². The van der Waals surface area contributed by atoms with Gasteiger partial charge in [0.25, 0.3) is 0 Å². The van der Waals surface area contributed by atoms with Crippen LogP contribution < -0.4 is 4.74 Å². The number of ketones is 1. The van der Waals surface area contributed by atoms with E-state index in [2.05, 4.69) is 6.92 Å². The van der Waals surface area contributed by atoms with Crippen LogP contribution in [-0.2, 0) is 16.0 Å². The van der Waals surface area contributed by atoms with Crippen LogP contribution in [0.25, 0.3) is 0 Å².